The van der Waals surface area contributed by atoms with Gasteiger partial charge in [-0.15, -0.1) is 0 Å². The molecule has 19 heavy (non-hydrogen) atoms. The Kier molecular flexibility index (Phi) is 4.28. The first-order valence-electron chi connectivity index (χ1n) is 5.71. The van der Waals surface area contributed by atoms with Crippen LogP contribution in [0.4, 0.5) is 9.93 Å². The molecule has 0 aliphatic carbocycles. The standard InChI is InChI=1S/C12H13N3O2S2/c1-3-17-12(16)15-10(18)14-11-13-9-7(2)5-4-6-8(9)19-11/h4-6H,3H2,1-2H3,(H2,13,14,15,16,18). The van der Waals surface area contributed by atoms with Crippen molar-refractivity contribution in [3.63, 3.8) is 0 Å². The molecule has 2 rings (SSSR count). The number of hydrogen-bond donors (Lipinski definition) is 2. The van der Waals surface area contributed by atoms with Crippen LogP contribution in [0.25, 0.3) is 10.2 Å². The number of aromatic nitrogens is 1. The topological polar surface area (TPSA) is 63.2 Å². The van der Waals surface area contributed by atoms with E-state index in [1.807, 2.05) is 25.1 Å². The van der Waals surface area contributed by atoms with Crippen LogP contribution in [0.2, 0.25) is 0 Å². The fraction of sp³-hybridized carbons (Fsp3) is 0.250. The number of rotatable bonds is 2. The summed E-state index contributed by atoms with van der Waals surface area (Å²) in [6.45, 7) is 4.03. The Balaban J connectivity index is 2.07. The molecule has 0 saturated carbocycles. The van der Waals surface area contributed by atoms with Crippen molar-refractivity contribution in [1.82, 2.24) is 10.3 Å². The summed E-state index contributed by atoms with van der Waals surface area (Å²) in [7, 11) is 0. The molecule has 2 N–H and O–H groups in total. The quantitative estimate of drug-likeness (QED) is 0.834. The van der Waals surface area contributed by atoms with Crippen LogP contribution in [0.3, 0.4) is 0 Å². The smallest absolute Gasteiger partial charge is 0.413 e. The average molecular weight is 295 g/mol. The van der Waals surface area contributed by atoms with Gasteiger partial charge < -0.3 is 10.1 Å². The molecule has 7 heteroatoms. The lowest BCUT2D eigenvalue weighted by Gasteiger charge is -2.06. The number of carbonyl (C=O) groups is 1. The molecule has 0 atom stereocenters. The maximum atomic E-state index is 11.2. The lowest BCUT2D eigenvalue weighted by atomic mass is 10.2. The lowest BCUT2D eigenvalue weighted by Crippen LogP contribution is -2.34. The average Bonchev–Trinajstić information content (AvgIpc) is 2.72. The Morgan fingerprint density at radius 2 is 2.32 bits per heavy atom. The highest BCUT2D eigenvalue weighted by molar-refractivity contribution is 7.80. The Morgan fingerprint density at radius 3 is 3.00 bits per heavy atom. The molecule has 1 amide bonds. The summed E-state index contributed by atoms with van der Waals surface area (Å²) in [6, 6.07) is 5.98. The van der Waals surface area contributed by atoms with Crippen molar-refractivity contribution < 1.29 is 9.53 Å². The number of hydrogen-bond acceptors (Lipinski definition) is 5. The second kappa shape index (κ2) is 5.94. The van der Waals surface area contributed by atoms with Crippen molar-refractivity contribution in [1.29, 1.82) is 0 Å². The number of carbonyl (C=O) groups excluding carboxylic acids is 1. The van der Waals surface area contributed by atoms with Gasteiger partial charge in [-0.05, 0) is 37.7 Å². The van der Waals surface area contributed by atoms with E-state index < -0.39 is 6.09 Å². The van der Waals surface area contributed by atoms with Crippen LogP contribution in [0, 0.1) is 6.92 Å². The van der Waals surface area contributed by atoms with E-state index in [9.17, 15) is 4.79 Å². The summed E-state index contributed by atoms with van der Waals surface area (Å²) in [5, 5.41) is 6.11. The van der Waals surface area contributed by atoms with Gasteiger partial charge in [-0.1, -0.05) is 23.5 Å². The van der Waals surface area contributed by atoms with Crippen molar-refractivity contribution in [3.05, 3.63) is 23.8 Å². The molecule has 2 aromatic rings. The molecule has 0 unspecified atom stereocenters. The molecule has 0 spiro atoms. The number of nitrogens with zero attached hydrogens (tertiary/aromatic N) is 1. The van der Waals surface area contributed by atoms with E-state index in [1.165, 1.54) is 11.3 Å². The van der Waals surface area contributed by atoms with Crippen LogP contribution >= 0.6 is 23.6 Å². The number of nitrogens with one attached hydrogen (secondary N) is 2. The van der Waals surface area contributed by atoms with Crippen LogP contribution < -0.4 is 10.6 Å². The molecule has 100 valence electrons. The largest absolute Gasteiger partial charge is 0.450 e. The molecule has 0 saturated heterocycles. The molecule has 1 aromatic carbocycles. The van der Waals surface area contributed by atoms with Crippen LogP contribution in [0.15, 0.2) is 18.2 Å². The Bertz CT molecular complexity index is 624. The summed E-state index contributed by atoms with van der Waals surface area (Å²) in [5.74, 6) is 0. The maximum absolute atomic E-state index is 11.2. The summed E-state index contributed by atoms with van der Waals surface area (Å²) in [5.41, 5.74) is 2.04. The highest BCUT2D eigenvalue weighted by Crippen LogP contribution is 2.27. The predicted molar refractivity (Wildman–Crippen MR) is 80.7 cm³/mol. The monoisotopic (exact) mass is 295 g/mol. The van der Waals surface area contributed by atoms with Crippen molar-refractivity contribution in [3.8, 4) is 0 Å². The fourth-order valence-electron chi connectivity index (χ4n) is 1.53. The Labute approximate surface area is 120 Å². The van der Waals surface area contributed by atoms with Crippen LogP contribution in [-0.2, 0) is 4.74 Å². The van der Waals surface area contributed by atoms with Gasteiger partial charge in [-0.2, -0.15) is 0 Å². The zero-order valence-electron chi connectivity index (χ0n) is 10.5. The predicted octanol–water partition coefficient (Wildman–Crippen LogP) is 3.05. The SMILES string of the molecule is CCOC(=O)NC(=S)Nc1nc2c(C)cccc2s1. The Morgan fingerprint density at radius 1 is 1.53 bits per heavy atom. The molecule has 0 bridgehead atoms. The normalized spacial score (nSPS) is 10.2. The van der Waals surface area contributed by atoms with E-state index in [0.29, 0.717) is 11.7 Å². The lowest BCUT2D eigenvalue weighted by molar-refractivity contribution is 0.158. The minimum atomic E-state index is -0.572. The number of thiazole rings is 1. The molecule has 0 fully saturated rings. The van der Waals surface area contributed by atoms with Gasteiger partial charge in [0.25, 0.3) is 0 Å². The third-order valence-corrected chi connectivity index (χ3v) is 3.47. The first kappa shape index (κ1) is 13.7. The minimum Gasteiger partial charge on any atom is -0.450 e. The zero-order valence-corrected chi connectivity index (χ0v) is 12.2. The molecule has 5 nitrogen and oxygen atoms in total. The second-order valence-corrected chi connectivity index (χ2v) is 5.18. The third-order valence-electron chi connectivity index (χ3n) is 2.33. The van der Waals surface area contributed by atoms with Gasteiger partial charge >= 0.3 is 6.09 Å². The summed E-state index contributed by atoms with van der Waals surface area (Å²) in [6.07, 6.45) is -0.572. The van der Waals surface area contributed by atoms with Gasteiger partial charge in [0.1, 0.15) is 0 Å². The Hall–Kier alpha value is -1.73. The van der Waals surface area contributed by atoms with E-state index in [2.05, 4.69) is 15.6 Å². The molecule has 1 heterocycles. The van der Waals surface area contributed by atoms with E-state index in [0.717, 1.165) is 15.8 Å². The number of ether oxygens (including phenoxy) is 1. The number of aryl methyl sites for hydroxylation is 1. The first-order valence-corrected chi connectivity index (χ1v) is 6.93. The second-order valence-electron chi connectivity index (χ2n) is 3.74. The number of amides is 1. The zero-order chi connectivity index (χ0) is 13.8. The summed E-state index contributed by atoms with van der Waals surface area (Å²) >= 11 is 6.49. The maximum Gasteiger partial charge on any atom is 0.413 e. The van der Waals surface area contributed by atoms with Crippen molar-refractivity contribution in [2.75, 3.05) is 11.9 Å². The molecular formula is C12H13N3O2S2. The first-order chi connectivity index (χ1) is 9.10. The molecule has 0 radical (unpaired) electrons. The fourth-order valence-corrected chi connectivity index (χ4v) is 2.72. The number of alkyl carbamates (subject to hydrolysis) is 1. The van der Waals surface area contributed by atoms with Gasteiger partial charge in [0.15, 0.2) is 10.2 Å². The van der Waals surface area contributed by atoms with Gasteiger partial charge in [0.2, 0.25) is 0 Å². The van der Waals surface area contributed by atoms with Crippen molar-refractivity contribution in [2.45, 2.75) is 13.8 Å². The number of fused-ring (bicyclic) bond motifs is 1. The molecule has 1 aromatic heterocycles. The number of para-hydroxylation sites is 1. The molecular weight excluding hydrogens is 282 g/mol. The number of anilines is 1. The van der Waals surface area contributed by atoms with E-state index in [-0.39, 0.29) is 5.11 Å². The molecule has 0 aliphatic heterocycles. The van der Waals surface area contributed by atoms with Crippen molar-refractivity contribution in [2.24, 2.45) is 0 Å². The van der Waals surface area contributed by atoms with Gasteiger partial charge in [0, 0.05) is 0 Å². The van der Waals surface area contributed by atoms with Crippen LogP contribution in [0.1, 0.15) is 12.5 Å². The van der Waals surface area contributed by atoms with Gasteiger partial charge in [-0.3, -0.25) is 5.32 Å². The van der Waals surface area contributed by atoms with E-state index in [1.54, 1.807) is 6.92 Å². The number of thiocarbonyl (C=S) groups is 1. The van der Waals surface area contributed by atoms with Gasteiger partial charge in [-0.25, -0.2) is 9.78 Å². The van der Waals surface area contributed by atoms with E-state index in [4.69, 9.17) is 17.0 Å². The summed E-state index contributed by atoms with van der Waals surface area (Å²) < 4.78 is 5.80. The van der Waals surface area contributed by atoms with Gasteiger partial charge in [0.05, 0.1) is 16.8 Å². The highest BCUT2D eigenvalue weighted by Gasteiger charge is 2.09. The third kappa shape index (κ3) is 3.39. The summed E-state index contributed by atoms with van der Waals surface area (Å²) in [4.78, 5) is 15.6. The number of benzene rings is 1. The van der Waals surface area contributed by atoms with Crippen LogP contribution in [0.5, 0.6) is 0 Å². The van der Waals surface area contributed by atoms with E-state index >= 15 is 0 Å². The minimum absolute atomic E-state index is 0.176. The molecule has 0 aliphatic rings. The van der Waals surface area contributed by atoms with Crippen molar-refractivity contribution >= 4 is 50.1 Å². The highest BCUT2D eigenvalue weighted by atomic mass is 32.1. The van der Waals surface area contributed by atoms with Crippen LogP contribution in [-0.4, -0.2) is 22.8 Å².